The molecule has 0 aliphatic carbocycles. The fraction of sp³-hybridized carbons (Fsp3) is 0.357. The first kappa shape index (κ1) is 14.7. The van der Waals surface area contributed by atoms with Crippen LogP contribution in [0, 0.1) is 5.92 Å². The van der Waals surface area contributed by atoms with Crippen LogP contribution >= 0.6 is 11.8 Å². The molecule has 0 saturated carbocycles. The van der Waals surface area contributed by atoms with Crippen LogP contribution in [-0.2, 0) is 9.59 Å². The lowest BCUT2D eigenvalue weighted by Crippen LogP contribution is -2.25. The molecule has 2 aromatic rings. The predicted molar refractivity (Wildman–Crippen MR) is 81.1 cm³/mol. The maximum absolute atomic E-state index is 12.1. The number of hydrogen-bond donors (Lipinski definition) is 0. The molecule has 3 heterocycles. The minimum atomic E-state index is -0.0597. The van der Waals surface area contributed by atoms with E-state index in [0.29, 0.717) is 30.2 Å². The fourth-order valence-electron chi connectivity index (χ4n) is 2.24. The summed E-state index contributed by atoms with van der Waals surface area (Å²) < 4.78 is 5.57. The van der Waals surface area contributed by atoms with Gasteiger partial charge in [-0.05, 0) is 18.1 Å². The standard InChI is InChI=1S/C14H14N4O3S/c1-9(19)22-8-10-5-12(20)18(7-10)14-17-16-13(21-14)11-3-2-4-15-6-11/h2-4,6,10H,5,7-8H2,1H3. The van der Waals surface area contributed by atoms with Crippen LogP contribution in [0.2, 0.25) is 0 Å². The first-order chi connectivity index (χ1) is 10.6. The van der Waals surface area contributed by atoms with Crippen molar-refractivity contribution in [1.29, 1.82) is 0 Å². The van der Waals surface area contributed by atoms with E-state index in [2.05, 4.69) is 15.2 Å². The summed E-state index contributed by atoms with van der Waals surface area (Å²) in [6, 6.07) is 3.77. The normalized spacial score (nSPS) is 18.0. The van der Waals surface area contributed by atoms with Crippen molar-refractivity contribution in [3.05, 3.63) is 24.5 Å². The predicted octanol–water partition coefficient (Wildman–Crippen LogP) is 1.76. The molecule has 1 aliphatic rings. The number of nitrogens with zero attached hydrogens (tertiary/aromatic N) is 4. The smallest absolute Gasteiger partial charge is 0.325 e. The van der Waals surface area contributed by atoms with Crippen LogP contribution in [0.25, 0.3) is 11.5 Å². The largest absolute Gasteiger partial charge is 0.403 e. The van der Waals surface area contributed by atoms with Crippen LogP contribution in [0.4, 0.5) is 6.01 Å². The second kappa shape index (κ2) is 6.27. The summed E-state index contributed by atoms with van der Waals surface area (Å²) >= 11 is 1.24. The number of hydrogen-bond acceptors (Lipinski definition) is 7. The molecular weight excluding hydrogens is 304 g/mol. The zero-order valence-electron chi connectivity index (χ0n) is 11.9. The second-order valence-electron chi connectivity index (χ2n) is 5.01. The molecule has 1 fully saturated rings. The Hall–Kier alpha value is -2.22. The highest BCUT2D eigenvalue weighted by Gasteiger charge is 2.34. The van der Waals surface area contributed by atoms with E-state index >= 15 is 0 Å². The minimum absolute atomic E-state index is 0.0579. The molecule has 1 aliphatic heterocycles. The molecule has 8 heteroatoms. The molecule has 1 saturated heterocycles. The molecule has 0 radical (unpaired) electrons. The molecule has 0 aromatic carbocycles. The van der Waals surface area contributed by atoms with Gasteiger partial charge >= 0.3 is 6.01 Å². The monoisotopic (exact) mass is 318 g/mol. The second-order valence-corrected chi connectivity index (χ2v) is 6.21. The summed E-state index contributed by atoms with van der Waals surface area (Å²) in [4.78, 5) is 28.6. The quantitative estimate of drug-likeness (QED) is 0.848. The molecule has 1 amide bonds. The molecule has 0 bridgehead atoms. The number of pyridine rings is 1. The summed E-state index contributed by atoms with van der Waals surface area (Å²) in [6.07, 6.45) is 3.67. The van der Waals surface area contributed by atoms with Crippen molar-refractivity contribution in [2.45, 2.75) is 13.3 Å². The lowest BCUT2D eigenvalue weighted by molar-refractivity contribution is -0.117. The van der Waals surface area contributed by atoms with Gasteiger partial charge < -0.3 is 4.42 Å². The molecule has 7 nitrogen and oxygen atoms in total. The average molecular weight is 318 g/mol. The van der Waals surface area contributed by atoms with Gasteiger partial charge in [0.1, 0.15) is 0 Å². The molecule has 2 aromatic heterocycles. The van der Waals surface area contributed by atoms with Gasteiger partial charge in [0, 0.05) is 38.0 Å². The van der Waals surface area contributed by atoms with Gasteiger partial charge in [-0.25, -0.2) is 0 Å². The van der Waals surface area contributed by atoms with Gasteiger partial charge in [-0.1, -0.05) is 16.9 Å². The number of rotatable bonds is 4. The number of aromatic nitrogens is 3. The van der Waals surface area contributed by atoms with Crippen molar-refractivity contribution in [2.75, 3.05) is 17.2 Å². The Morgan fingerprint density at radius 2 is 2.36 bits per heavy atom. The number of thioether (sulfide) groups is 1. The Morgan fingerprint density at radius 3 is 3.09 bits per heavy atom. The molecule has 0 spiro atoms. The van der Waals surface area contributed by atoms with E-state index in [1.807, 2.05) is 6.07 Å². The lowest BCUT2D eigenvalue weighted by Gasteiger charge is -2.10. The first-order valence-corrected chi connectivity index (χ1v) is 7.79. The van der Waals surface area contributed by atoms with Crippen molar-refractivity contribution in [3.63, 3.8) is 0 Å². The van der Waals surface area contributed by atoms with E-state index in [9.17, 15) is 9.59 Å². The van der Waals surface area contributed by atoms with Gasteiger partial charge in [0.25, 0.3) is 5.89 Å². The third-order valence-electron chi connectivity index (χ3n) is 3.28. The zero-order valence-corrected chi connectivity index (χ0v) is 12.7. The minimum Gasteiger partial charge on any atom is -0.403 e. The van der Waals surface area contributed by atoms with Gasteiger partial charge in [-0.2, -0.15) is 0 Å². The van der Waals surface area contributed by atoms with Crippen LogP contribution < -0.4 is 4.90 Å². The number of carbonyl (C=O) groups is 2. The van der Waals surface area contributed by atoms with E-state index < -0.39 is 0 Å². The van der Waals surface area contributed by atoms with Crippen molar-refractivity contribution in [1.82, 2.24) is 15.2 Å². The maximum Gasteiger partial charge on any atom is 0.325 e. The molecule has 1 unspecified atom stereocenters. The lowest BCUT2D eigenvalue weighted by atomic mass is 10.1. The van der Waals surface area contributed by atoms with Crippen LogP contribution in [0.3, 0.4) is 0 Å². The topological polar surface area (TPSA) is 89.2 Å². The Morgan fingerprint density at radius 1 is 1.50 bits per heavy atom. The summed E-state index contributed by atoms with van der Waals surface area (Å²) in [5.41, 5.74) is 0.705. The Kier molecular flexibility index (Phi) is 4.19. The molecule has 114 valence electrons. The maximum atomic E-state index is 12.1. The SMILES string of the molecule is CC(=O)SCC1CC(=O)N(c2nnc(-c3cccnc3)o2)C1. The molecule has 1 atom stereocenters. The summed E-state index contributed by atoms with van der Waals surface area (Å²) in [5.74, 6) is 1.02. The molecule has 3 rings (SSSR count). The van der Waals surface area contributed by atoms with Gasteiger partial charge in [-0.3, -0.25) is 19.5 Å². The highest BCUT2D eigenvalue weighted by Crippen LogP contribution is 2.28. The van der Waals surface area contributed by atoms with E-state index in [0.717, 1.165) is 0 Å². The van der Waals surface area contributed by atoms with Crippen LogP contribution in [-0.4, -0.2) is 38.5 Å². The van der Waals surface area contributed by atoms with Crippen LogP contribution in [0.5, 0.6) is 0 Å². The Bertz CT molecular complexity index is 688. The van der Waals surface area contributed by atoms with Crippen LogP contribution in [0.15, 0.2) is 28.9 Å². The number of amides is 1. The van der Waals surface area contributed by atoms with E-state index in [1.54, 1.807) is 18.5 Å². The highest BCUT2D eigenvalue weighted by atomic mass is 32.2. The Balaban J connectivity index is 1.71. The van der Waals surface area contributed by atoms with Crippen molar-refractivity contribution >= 4 is 28.8 Å². The van der Waals surface area contributed by atoms with E-state index in [-0.39, 0.29) is 23.0 Å². The third-order valence-corrected chi connectivity index (χ3v) is 4.33. The molecule has 22 heavy (non-hydrogen) atoms. The summed E-state index contributed by atoms with van der Waals surface area (Å²) in [5, 5.41) is 7.95. The number of anilines is 1. The van der Waals surface area contributed by atoms with Gasteiger partial charge in [0.15, 0.2) is 5.12 Å². The summed E-state index contributed by atoms with van der Waals surface area (Å²) in [6.45, 7) is 2.02. The molecule has 0 N–H and O–H groups in total. The van der Waals surface area contributed by atoms with E-state index in [4.69, 9.17) is 4.42 Å². The van der Waals surface area contributed by atoms with Gasteiger partial charge in [0.2, 0.25) is 5.91 Å². The van der Waals surface area contributed by atoms with Gasteiger partial charge in [0.05, 0.1) is 5.56 Å². The average Bonchev–Trinajstić information content (AvgIpc) is 3.12. The summed E-state index contributed by atoms with van der Waals surface area (Å²) in [7, 11) is 0. The van der Waals surface area contributed by atoms with Crippen molar-refractivity contribution in [3.8, 4) is 11.5 Å². The highest BCUT2D eigenvalue weighted by molar-refractivity contribution is 8.13. The Labute approximate surface area is 131 Å². The number of carbonyl (C=O) groups excluding carboxylic acids is 2. The van der Waals surface area contributed by atoms with Crippen LogP contribution in [0.1, 0.15) is 13.3 Å². The molecular formula is C14H14N4O3S. The third kappa shape index (κ3) is 3.16. The van der Waals surface area contributed by atoms with Crippen molar-refractivity contribution < 1.29 is 14.0 Å². The van der Waals surface area contributed by atoms with E-state index in [1.165, 1.54) is 23.6 Å². The first-order valence-electron chi connectivity index (χ1n) is 6.81. The van der Waals surface area contributed by atoms with Crippen molar-refractivity contribution in [2.24, 2.45) is 5.92 Å². The van der Waals surface area contributed by atoms with Gasteiger partial charge in [-0.15, -0.1) is 5.10 Å². The zero-order chi connectivity index (χ0) is 15.5. The fourth-order valence-corrected chi connectivity index (χ4v) is 2.94.